The highest BCUT2D eigenvalue weighted by atomic mass is 16.5. The van der Waals surface area contributed by atoms with Gasteiger partial charge in [0.1, 0.15) is 0 Å². The Bertz CT molecular complexity index is 97.2. The second-order valence-corrected chi connectivity index (χ2v) is 2.46. The molecule has 0 aromatic heterocycles. The van der Waals surface area contributed by atoms with E-state index in [9.17, 15) is 5.11 Å². The first kappa shape index (κ1) is 7.94. The molecular formula is C6H13NO3. The first-order valence-corrected chi connectivity index (χ1v) is 3.34. The highest BCUT2D eigenvalue weighted by Crippen LogP contribution is 2.09. The largest absolute Gasteiger partial charge is 0.395 e. The number of ether oxygens (including phenoxy) is 1. The van der Waals surface area contributed by atoms with E-state index < -0.39 is 6.10 Å². The number of aliphatic hydroxyl groups is 2. The van der Waals surface area contributed by atoms with Gasteiger partial charge in [-0.15, -0.1) is 0 Å². The topological polar surface area (TPSA) is 61.7 Å². The summed E-state index contributed by atoms with van der Waals surface area (Å²) in [5.41, 5.74) is 0. The van der Waals surface area contributed by atoms with Crippen molar-refractivity contribution in [2.75, 3.05) is 20.3 Å². The molecule has 1 saturated heterocycles. The Morgan fingerprint density at radius 3 is 2.70 bits per heavy atom. The maximum Gasteiger partial charge on any atom is 0.0989 e. The zero-order chi connectivity index (χ0) is 7.56. The summed E-state index contributed by atoms with van der Waals surface area (Å²) in [5, 5.41) is 20.9. The normalized spacial score (nSPS) is 40.5. The molecule has 0 bridgehead atoms. The summed E-state index contributed by atoms with van der Waals surface area (Å²) >= 11 is 0. The molecule has 1 aliphatic rings. The van der Waals surface area contributed by atoms with Crippen molar-refractivity contribution in [3.8, 4) is 0 Å². The van der Waals surface area contributed by atoms with E-state index in [2.05, 4.69) is 5.32 Å². The Hall–Kier alpha value is -0.160. The van der Waals surface area contributed by atoms with E-state index in [1.165, 1.54) is 0 Å². The molecule has 0 spiro atoms. The van der Waals surface area contributed by atoms with Crippen molar-refractivity contribution in [2.24, 2.45) is 0 Å². The molecule has 4 nitrogen and oxygen atoms in total. The molecule has 4 heteroatoms. The highest BCUT2D eigenvalue weighted by Gasteiger charge is 2.33. The van der Waals surface area contributed by atoms with Gasteiger partial charge in [-0.3, -0.25) is 0 Å². The van der Waals surface area contributed by atoms with E-state index in [-0.39, 0.29) is 18.8 Å². The van der Waals surface area contributed by atoms with Gasteiger partial charge < -0.3 is 20.3 Å². The first-order valence-electron chi connectivity index (χ1n) is 3.34. The lowest BCUT2D eigenvalue weighted by molar-refractivity contribution is 0.00211. The van der Waals surface area contributed by atoms with Crippen LogP contribution in [-0.2, 0) is 4.74 Å². The van der Waals surface area contributed by atoms with Crippen molar-refractivity contribution in [2.45, 2.75) is 18.2 Å². The van der Waals surface area contributed by atoms with Crippen molar-refractivity contribution in [1.82, 2.24) is 5.32 Å². The molecule has 1 fully saturated rings. The van der Waals surface area contributed by atoms with Crippen molar-refractivity contribution in [1.29, 1.82) is 0 Å². The smallest absolute Gasteiger partial charge is 0.0989 e. The number of hydrogen-bond acceptors (Lipinski definition) is 4. The Balaban J connectivity index is 2.41. The number of rotatable bonds is 2. The third-order valence-corrected chi connectivity index (χ3v) is 1.87. The third-order valence-electron chi connectivity index (χ3n) is 1.87. The summed E-state index contributed by atoms with van der Waals surface area (Å²) in [4.78, 5) is 0. The van der Waals surface area contributed by atoms with E-state index in [0.717, 1.165) is 0 Å². The van der Waals surface area contributed by atoms with Crippen molar-refractivity contribution in [3.63, 3.8) is 0 Å². The molecule has 0 aromatic carbocycles. The zero-order valence-electron chi connectivity index (χ0n) is 5.95. The molecule has 1 aliphatic heterocycles. The van der Waals surface area contributed by atoms with Crippen molar-refractivity contribution in [3.05, 3.63) is 0 Å². The number of nitrogens with one attached hydrogen (secondary N) is 1. The Morgan fingerprint density at radius 2 is 2.40 bits per heavy atom. The number of methoxy groups -OCH3 is 1. The molecule has 10 heavy (non-hydrogen) atoms. The van der Waals surface area contributed by atoms with Crippen LogP contribution in [0.2, 0.25) is 0 Å². The molecule has 0 radical (unpaired) electrons. The van der Waals surface area contributed by atoms with Gasteiger partial charge in [-0.05, 0) is 0 Å². The van der Waals surface area contributed by atoms with Crippen LogP contribution in [0, 0.1) is 0 Å². The van der Waals surface area contributed by atoms with Crippen LogP contribution in [-0.4, -0.2) is 48.7 Å². The van der Waals surface area contributed by atoms with E-state index >= 15 is 0 Å². The van der Waals surface area contributed by atoms with Crippen LogP contribution < -0.4 is 5.32 Å². The fourth-order valence-electron chi connectivity index (χ4n) is 1.16. The molecule has 0 saturated carbocycles. The quantitative estimate of drug-likeness (QED) is 0.437. The standard InChI is InChI=1S/C6H13NO3/c1-10-5-2-7-4(3-8)6(5)9/h4-9H,2-3H2,1H3. The van der Waals surface area contributed by atoms with Gasteiger partial charge in [-0.1, -0.05) is 0 Å². The van der Waals surface area contributed by atoms with Gasteiger partial charge in [0.25, 0.3) is 0 Å². The summed E-state index contributed by atoms with van der Waals surface area (Å²) in [7, 11) is 1.55. The van der Waals surface area contributed by atoms with Crippen LogP contribution in [0.15, 0.2) is 0 Å². The molecule has 1 rings (SSSR count). The van der Waals surface area contributed by atoms with Gasteiger partial charge in [0.2, 0.25) is 0 Å². The highest BCUT2D eigenvalue weighted by molar-refractivity contribution is 4.90. The SMILES string of the molecule is COC1CNC(CO)C1O. The molecule has 0 amide bonds. The van der Waals surface area contributed by atoms with Gasteiger partial charge in [-0.25, -0.2) is 0 Å². The maximum atomic E-state index is 9.30. The molecule has 0 aliphatic carbocycles. The Labute approximate surface area is 59.8 Å². The minimum atomic E-state index is -0.574. The van der Waals surface area contributed by atoms with Crippen LogP contribution in [0.1, 0.15) is 0 Å². The lowest BCUT2D eigenvalue weighted by atomic mass is 10.1. The predicted octanol–water partition coefficient (Wildman–Crippen LogP) is -1.67. The summed E-state index contributed by atoms with van der Waals surface area (Å²) < 4.78 is 4.93. The molecule has 3 unspecified atom stereocenters. The monoisotopic (exact) mass is 147 g/mol. The summed E-state index contributed by atoms with van der Waals surface area (Å²) in [6.07, 6.45) is -0.743. The molecular weight excluding hydrogens is 134 g/mol. The second-order valence-electron chi connectivity index (χ2n) is 2.46. The van der Waals surface area contributed by atoms with Crippen LogP contribution in [0.25, 0.3) is 0 Å². The summed E-state index contributed by atoms with van der Waals surface area (Å²) in [5.74, 6) is 0. The van der Waals surface area contributed by atoms with E-state index in [0.29, 0.717) is 6.54 Å². The third kappa shape index (κ3) is 1.29. The number of aliphatic hydroxyl groups excluding tert-OH is 2. The molecule has 0 aromatic rings. The zero-order valence-corrected chi connectivity index (χ0v) is 5.95. The summed E-state index contributed by atoms with van der Waals surface area (Å²) in [6.45, 7) is 0.573. The van der Waals surface area contributed by atoms with Gasteiger partial charge in [0, 0.05) is 13.7 Å². The van der Waals surface area contributed by atoms with Crippen LogP contribution >= 0.6 is 0 Å². The van der Waals surface area contributed by atoms with Gasteiger partial charge in [-0.2, -0.15) is 0 Å². The Morgan fingerprint density at radius 1 is 1.70 bits per heavy atom. The maximum absolute atomic E-state index is 9.30. The molecule has 3 N–H and O–H groups in total. The van der Waals surface area contributed by atoms with Crippen LogP contribution in [0.4, 0.5) is 0 Å². The molecule has 3 atom stereocenters. The van der Waals surface area contributed by atoms with E-state index in [4.69, 9.17) is 9.84 Å². The van der Waals surface area contributed by atoms with E-state index in [1.807, 2.05) is 0 Å². The molecule has 60 valence electrons. The van der Waals surface area contributed by atoms with E-state index in [1.54, 1.807) is 7.11 Å². The molecule has 1 heterocycles. The average molecular weight is 147 g/mol. The lowest BCUT2D eigenvalue weighted by Gasteiger charge is -2.14. The first-order chi connectivity index (χ1) is 4.79. The average Bonchev–Trinajstić information content (AvgIpc) is 2.30. The minimum Gasteiger partial charge on any atom is -0.395 e. The van der Waals surface area contributed by atoms with Crippen LogP contribution in [0.5, 0.6) is 0 Å². The van der Waals surface area contributed by atoms with Crippen molar-refractivity contribution < 1.29 is 14.9 Å². The fourth-order valence-corrected chi connectivity index (χ4v) is 1.16. The van der Waals surface area contributed by atoms with Crippen molar-refractivity contribution >= 4 is 0 Å². The summed E-state index contributed by atoms with van der Waals surface area (Å²) in [6, 6.07) is -0.218. The fraction of sp³-hybridized carbons (Fsp3) is 1.00. The van der Waals surface area contributed by atoms with Crippen LogP contribution in [0.3, 0.4) is 0 Å². The second kappa shape index (κ2) is 3.30. The number of hydrogen-bond donors (Lipinski definition) is 3. The van der Waals surface area contributed by atoms with Gasteiger partial charge >= 0.3 is 0 Å². The lowest BCUT2D eigenvalue weighted by Crippen LogP contribution is -2.36. The predicted molar refractivity (Wildman–Crippen MR) is 35.7 cm³/mol. The van der Waals surface area contributed by atoms with Gasteiger partial charge in [0.05, 0.1) is 24.9 Å². The van der Waals surface area contributed by atoms with Gasteiger partial charge in [0.15, 0.2) is 0 Å². The minimum absolute atomic E-state index is 0.0406. The Kier molecular flexibility index (Phi) is 2.62.